The summed E-state index contributed by atoms with van der Waals surface area (Å²) in [6, 6.07) is -1.73. The van der Waals surface area contributed by atoms with Gasteiger partial charge in [-0.15, -0.1) is 0 Å². The fourth-order valence-electron chi connectivity index (χ4n) is 2.58. The Balaban J connectivity index is 2.45. The molecule has 1 aliphatic heterocycles. The van der Waals surface area contributed by atoms with Gasteiger partial charge in [-0.2, -0.15) is 13.2 Å². The maximum absolute atomic E-state index is 12.4. The molecule has 1 rings (SSSR count). The number of carbonyl (C=O) groups is 2. The van der Waals surface area contributed by atoms with Crippen molar-refractivity contribution < 1.29 is 37.0 Å². The summed E-state index contributed by atoms with van der Waals surface area (Å²) < 4.78 is 52.3. The zero-order valence-electron chi connectivity index (χ0n) is 15.5. The molecule has 1 amide bonds. The van der Waals surface area contributed by atoms with E-state index in [0.29, 0.717) is 6.54 Å². The fraction of sp³-hybridized carbons (Fsp3) is 0.875. The summed E-state index contributed by atoms with van der Waals surface area (Å²) in [5.74, 6) is -1.01. The van der Waals surface area contributed by atoms with E-state index in [9.17, 15) is 22.8 Å². The molecule has 10 heteroatoms. The van der Waals surface area contributed by atoms with Gasteiger partial charge in [0.1, 0.15) is 11.6 Å². The van der Waals surface area contributed by atoms with Gasteiger partial charge in [-0.25, -0.2) is 10.1 Å². The van der Waals surface area contributed by atoms with Crippen LogP contribution in [0.2, 0.25) is 0 Å². The van der Waals surface area contributed by atoms with Crippen molar-refractivity contribution in [1.82, 2.24) is 10.2 Å². The van der Waals surface area contributed by atoms with Gasteiger partial charge in [-0.05, 0) is 40.0 Å². The average Bonchev–Trinajstić information content (AvgIpc) is 2.95. The molecule has 2 atom stereocenters. The molecule has 26 heavy (non-hydrogen) atoms. The third-order valence-electron chi connectivity index (χ3n) is 3.69. The van der Waals surface area contributed by atoms with E-state index < -0.39 is 30.0 Å². The minimum Gasteiger partial charge on any atom is -0.468 e. The van der Waals surface area contributed by atoms with E-state index in [1.807, 2.05) is 0 Å². The number of esters is 1. The highest BCUT2D eigenvalue weighted by Gasteiger charge is 2.35. The molecular formula is C16H27F3N2O5. The van der Waals surface area contributed by atoms with Crippen LogP contribution in [0.25, 0.3) is 0 Å². The van der Waals surface area contributed by atoms with Gasteiger partial charge in [0.2, 0.25) is 0 Å². The van der Waals surface area contributed by atoms with Crippen LogP contribution in [-0.2, 0) is 19.0 Å². The molecule has 0 bridgehead atoms. The van der Waals surface area contributed by atoms with E-state index in [0.717, 1.165) is 20.0 Å². The van der Waals surface area contributed by atoms with E-state index in [1.54, 1.807) is 25.7 Å². The zero-order valence-corrected chi connectivity index (χ0v) is 15.5. The van der Waals surface area contributed by atoms with Gasteiger partial charge in [0.15, 0.2) is 0 Å². The summed E-state index contributed by atoms with van der Waals surface area (Å²) in [5.41, 5.74) is -0.609. The molecule has 1 N–H and O–H groups in total. The van der Waals surface area contributed by atoms with E-state index in [2.05, 4.69) is 4.74 Å². The normalized spacial score (nSPS) is 19.3. The average molecular weight is 384 g/mol. The lowest BCUT2D eigenvalue weighted by atomic mass is 10.2. The highest BCUT2D eigenvalue weighted by atomic mass is 19.4. The first-order valence-corrected chi connectivity index (χ1v) is 8.42. The van der Waals surface area contributed by atoms with E-state index in [-0.39, 0.29) is 25.7 Å². The van der Waals surface area contributed by atoms with E-state index in [4.69, 9.17) is 9.47 Å². The Morgan fingerprint density at radius 3 is 2.46 bits per heavy atom. The van der Waals surface area contributed by atoms with Gasteiger partial charge in [-0.1, -0.05) is 0 Å². The molecule has 0 aromatic rings. The van der Waals surface area contributed by atoms with Crippen LogP contribution in [0.4, 0.5) is 18.0 Å². The first-order chi connectivity index (χ1) is 11.9. The maximum Gasteiger partial charge on any atom is 0.457 e. The lowest BCUT2D eigenvalue weighted by Gasteiger charge is -2.28. The van der Waals surface area contributed by atoms with Crippen LogP contribution in [0.3, 0.4) is 0 Å². The van der Waals surface area contributed by atoms with Crippen molar-refractivity contribution in [3.63, 3.8) is 0 Å². The number of nitrogens with one attached hydrogen (secondary N) is 1. The van der Waals surface area contributed by atoms with Crippen LogP contribution in [0.5, 0.6) is 0 Å². The number of amides is 1. The number of halogens is 3. The topological polar surface area (TPSA) is 77.1 Å². The molecule has 1 aliphatic rings. The number of hydrogen-bond acceptors (Lipinski definition) is 6. The summed E-state index contributed by atoms with van der Waals surface area (Å²) in [4.78, 5) is 25.1. The second-order valence-corrected chi connectivity index (χ2v) is 7.05. The second-order valence-electron chi connectivity index (χ2n) is 7.05. The Kier molecular flexibility index (Phi) is 8.14. The van der Waals surface area contributed by atoms with Crippen molar-refractivity contribution in [2.45, 2.75) is 64.0 Å². The van der Waals surface area contributed by atoms with Crippen LogP contribution in [0.1, 0.15) is 40.0 Å². The highest BCUT2D eigenvalue weighted by Crippen LogP contribution is 2.21. The quantitative estimate of drug-likeness (QED) is 0.413. The summed E-state index contributed by atoms with van der Waals surface area (Å²) in [7, 11) is 1.02. The predicted octanol–water partition coefficient (Wildman–Crippen LogP) is 2.44. The van der Waals surface area contributed by atoms with Crippen LogP contribution in [0.15, 0.2) is 0 Å². The van der Waals surface area contributed by atoms with Gasteiger partial charge in [0, 0.05) is 13.2 Å². The van der Waals surface area contributed by atoms with Crippen molar-refractivity contribution in [2.75, 3.05) is 26.9 Å². The van der Waals surface area contributed by atoms with Crippen molar-refractivity contribution in [2.24, 2.45) is 0 Å². The Morgan fingerprint density at radius 2 is 1.92 bits per heavy atom. The lowest BCUT2D eigenvalue weighted by Crippen LogP contribution is -2.46. The van der Waals surface area contributed by atoms with Crippen LogP contribution in [-0.4, -0.2) is 67.8 Å². The predicted molar refractivity (Wildman–Crippen MR) is 86.4 cm³/mol. The highest BCUT2D eigenvalue weighted by molar-refractivity contribution is 5.75. The Morgan fingerprint density at radius 1 is 1.27 bits per heavy atom. The fourth-order valence-corrected chi connectivity index (χ4v) is 2.58. The molecule has 1 saturated heterocycles. The molecule has 0 radical (unpaired) electrons. The number of likely N-dealkylation sites (tertiary alicyclic amines) is 1. The summed E-state index contributed by atoms with van der Waals surface area (Å²) in [5, 5.41) is 1.25. The Labute approximate surface area is 151 Å². The van der Waals surface area contributed by atoms with Crippen LogP contribution in [0, 0.1) is 0 Å². The summed E-state index contributed by atoms with van der Waals surface area (Å²) in [6.07, 6.45) is -3.81. The molecule has 0 spiro atoms. The smallest absolute Gasteiger partial charge is 0.457 e. The van der Waals surface area contributed by atoms with Gasteiger partial charge < -0.3 is 19.1 Å². The summed E-state index contributed by atoms with van der Waals surface area (Å²) in [6.45, 7) is 5.94. The first kappa shape index (κ1) is 22.5. The molecular weight excluding hydrogens is 357 g/mol. The Bertz CT molecular complexity index is 479. The third-order valence-corrected chi connectivity index (χ3v) is 3.69. The molecule has 152 valence electrons. The van der Waals surface area contributed by atoms with E-state index >= 15 is 0 Å². The molecule has 1 fully saturated rings. The minimum atomic E-state index is -4.70. The number of methoxy groups -OCH3 is 1. The molecule has 7 nitrogen and oxygen atoms in total. The summed E-state index contributed by atoms with van der Waals surface area (Å²) >= 11 is 0. The number of hydrogen-bond donors (Lipinski definition) is 1. The van der Waals surface area contributed by atoms with Gasteiger partial charge >= 0.3 is 18.4 Å². The molecule has 0 aromatic heterocycles. The monoisotopic (exact) mass is 384 g/mol. The Hall–Kier alpha value is -1.55. The molecule has 1 heterocycles. The number of rotatable bonds is 7. The van der Waals surface area contributed by atoms with Crippen LogP contribution < -0.4 is 5.32 Å². The van der Waals surface area contributed by atoms with Gasteiger partial charge in [-0.3, -0.25) is 4.79 Å². The number of carbonyl (C=O) groups excluding carboxylic acids is 2. The molecule has 0 unspecified atom stereocenters. The molecule has 0 aliphatic carbocycles. The molecule has 0 aromatic carbocycles. The standard InChI is InChI=1S/C16H27F3N2O5/c1-15(2,3)26-14(23)21-8-5-6-11(21)10-25-9-7-12(13(22)24-4)20-16(17,18)19/h11-12,20H,5-10H2,1-4H3/t11-,12+/m1/s1. The van der Waals surface area contributed by atoms with Crippen molar-refractivity contribution in [3.8, 4) is 0 Å². The third kappa shape index (κ3) is 8.22. The van der Waals surface area contributed by atoms with E-state index in [1.165, 1.54) is 5.32 Å². The van der Waals surface area contributed by atoms with Gasteiger partial charge in [0.25, 0.3) is 0 Å². The van der Waals surface area contributed by atoms with Crippen molar-refractivity contribution in [3.05, 3.63) is 0 Å². The lowest BCUT2D eigenvalue weighted by molar-refractivity contribution is -0.176. The van der Waals surface area contributed by atoms with Crippen molar-refractivity contribution in [1.29, 1.82) is 0 Å². The largest absolute Gasteiger partial charge is 0.468 e. The SMILES string of the molecule is COC(=O)[C@H](CCOC[C@H]1CCCN1C(=O)OC(C)(C)C)NC(F)(F)F. The van der Waals surface area contributed by atoms with Crippen LogP contribution >= 0.6 is 0 Å². The number of ether oxygens (including phenoxy) is 3. The number of nitrogens with zero attached hydrogens (tertiary/aromatic N) is 1. The van der Waals surface area contributed by atoms with Crippen molar-refractivity contribution >= 4 is 12.1 Å². The van der Waals surface area contributed by atoms with Gasteiger partial charge in [0.05, 0.1) is 19.8 Å². The zero-order chi connectivity index (χ0) is 20.0. The second kappa shape index (κ2) is 9.40. The first-order valence-electron chi connectivity index (χ1n) is 8.42. The number of alkyl halides is 3. The minimum absolute atomic E-state index is 0.0818. The molecule has 0 saturated carbocycles. The maximum atomic E-state index is 12.4.